The van der Waals surface area contributed by atoms with Crippen LogP contribution in [0.25, 0.3) is 0 Å². The summed E-state index contributed by atoms with van der Waals surface area (Å²) >= 11 is 0. The highest BCUT2D eigenvalue weighted by Crippen LogP contribution is 2.40. The fraction of sp³-hybridized carbons (Fsp3) is 0.545. The van der Waals surface area contributed by atoms with Gasteiger partial charge in [-0.3, -0.25) is 9.59 Å². The highest BCUT2D eigenvalue weighted by molar-refractivity contribution is 6.00. The van der Waals surface area contributed by atoms with Gasteiger partial charge < -0.3 is 10.6 Å². The van der Waals surface area contributed by atoms with E-state index in [0.717, 1.165) is 29.7 Å². The number of amides is 2. The van der Waals surface area contributed by atoms with Gasteiger partial charge in [0.1, 0.15) is 0 Å². The van der Waals surface area contributed by atoms with Crippen molar-refractivity contribution in [3.05, 3.63) is 41.0 Å². The Morgan fingerprint density at radius 3 is 2.69 bits per heavy atom. The number of carbonyl (C=O) groups is 2. The summed E-state index contributed by atoms with van der Waals surface area (Å²) < 4.78 is 0. The van der Waals surface area contributed by atoms with E-state index in [1.165, 1.54) is 31.3 Å². The van der Waals surface area contributed by atoms with Crippen molar-refractivity contribution in [2.75, 3.05) is 11.9 Å². The van der Waals surface area contributed by atoms with Crippen LogP contribution >= 0.6 is 0 Å². The highest BCUT2D eigenvalue weighted by Gasteiger charge is 2.48. The Hall–Kier alpha value is -2.10. The summed E-state index contributed by atoms with van der Waals surface area (Å²) in [5.41, 5.74) is 4.59. The summed E-state index contributed by atoms with van der Waals surface area (Å²) in [4.78, 5) is 24.8. The zero-order chi connectivity index (χ0) is 18.5. The van der Waals surface area contributed by atoms with Gasteiger partial charge in [-0.25, -0.2) is 0 Å². The first kappa shape index (κ1) is 18.7. The number of nitrogens with one attached hydrogen (secondary N) is 2. The lowest BCUT2D eigenvalue weighted by atomic mass is 9.97. The highest BCUT2D eigenvalue weighted by atomic mass is 16.2. The van der Waals surface area contributed by atoms with Crippen molar-refractivity contribution in [2.24, 2.45) is 11.8 Å². The van der Waals surface area contributed by atoms with E-state index in [0.29, 0.717) is 13.0 Å². The molecule has 26 heavy (non-hydrogen) atoms. The van der Waals surface area contributed by atoms with Crippen LogP contribution in [0.1, 0.15) is 56.6 Å². The Labute approximate surface area is 156 Å². The molecule has 1 fully saturated rings. The van der Waals surface area contributed by atoms with Gasteiger partial charge in [0.05, 0.1) is 11.8 Å². The second-order valence-electron chi connectivity index (χ2n) is 7.55. The van der Waals surface area contributed by atoms with Gasteiger partial charge >= 0.3 is 0 Å². The zero-order valence-electron chi connectivity index (χ0n) is 15.9. The third-order valence-electron chi connectivity index (χ3n) is 5.58. The molecule has 2 amide bonds. The van der Waals surface area contributed by atoms with E-state index in [-0.39, 0.29) is 23.7 Å². The number of rotatable bonds is 7. The van der Waals surface area contributed by atoms with Crippen LogP contribution in [-0.4, -0.2) is 18.4 Å². The van der Waals surface area contributed by atoms with Gasteiger partial charge in [-0.2, -0.15) is 0 Å². The van der Waals surface area contributed by atoms with E-state index in [4.69, 9.17) is 0 Å². The number of benzene rings is 1. The average molecular weight is 354 g/mol. The van der Waals surface area contributed by atoms with Crippen LogP contribution in [0.4, 0.5) is 5.69 Å². The molecule has 1 saturated carbocycles. The molecule has 1 aromatic rings. The van der Waals surface area contributed by atoms with E-state index in [2.05, 4.69) is 23.6 Å². The summed E-state index contributed by atoms with van der Waals surface area (Å²) in [5, 5.41) is 6.07. The number of carbonyl (C=O) groups excluding carboxylic acids is 2. The van der Waals surface area contributed by atoms with Gasteiger partial charge in [0.15, 0.2) is 0 Å². The minimum atomic E-state index is -0.187. The molecule has 0 aliphatic heterocycles. The molecule has 2 N–H and O–H groups in total. The van der Waals surface area contributed by atoms with Gasteiger partial charge in [0, 0.05) is 12.2 Å². The molecule has 4 heteroatoms. The molecule has 2 aliphatic rings. The molecule has 0 saturated heterocycles. The Morgan fingerprint density at radius 1 is 1.15 bits per heavy atom. The second kappa shape index (κ2) is 8.52. The summed E-state index contributed by atoms with van der Waals surface area (Å²) in [5.74, 6) is -0.344. The van der Waals surface area contributed by atoms with Crippen LogP contribution in [0.5, 0.6) is 0 Å². The molecule has 3 rings (SSSR count). The van der Waals surface area contributed by atoms with Crippen molar-refractivity contribution in [3.63, 3.8) is 0 Å². The Bertz CT molecular complexity index is 708. The summed E-state index contributed by atoms with van der Waals surface area (Å²) in [6.45, 7) is 4.78. The van der Waals surface area contributed by atoms with Crippen LogP contribution < -0.4 is 10.6 Å². The summed E-state index contributed by atoms with van der Waals surface area (Å²) in [7, 11) is 0. The summed E-state index contributed by atoms with van der Waals surface area (Å²) in [6.07, 6.45) is 9.69. The normalized spacial score (nSPS) is 21.7. The molecule has 4 nitrogen and oxygen atoms in total. The van der Waals surface area contributed by atoms with E-state index in [1.54, 1.807) is 0 Å². The minimum absolute atomic E-state index is 0.0239. The number of hydrogen-bond acceptors (Lipinski definition) is 2. The topological polar surface area (TPSA) is 58.2 Å². The van der Waals surface area contributed by atoms with Crippen molar-refractivity contribution in [1.82, 2.24) is 5.32 Å². The van der Waals surface area contributed by atoms with Crippen LogP contribution in [-0.2, 0) is 16.0 Å². The molecule has 0 aromatic heterocycles. The average Bonchev–Trinajstić information content (AvgIpc) is 3.45. The van der Waals surface area contributed by atoms with Gasteiger partial charge in [0.25, 0.3) is 0 Å². The molecule has 0 bridgehead atoms. The molecule has 140 valence electrons. The molecule has 0 radical (unpaired) electrons. The predicted octanol–water partition coefficient (Wildman–Crippen LogP) is 4.14. The lowest BCUT2D eigenvalue weighted by Gasteiger charge is -2.13. The van der Waals surface area contributed by atoms with Gasteiger partial charge in [-0.15, -0.1) is 0 Å². The minimum Gasteiger partial charge on any atom is -0.356 e. The third-order valence-corrected chi connectivity index (χ3v) is 5.58. The number of allylic oxidation sites excluding steroid dienone is 1. The monoisotopic (exact) mass is 354 g/mol. The maximum atomic E-state index is 12.5. The largest absolute Gasteiger partial charge is 0.356 e. The molecule has 1 aromatic carbocycles. The van der Waals surface area contributed by atoms with E-state index in [9.17, 15) is 9.59 Å². The Balaban J connectivity index is 1.46. The van der Waals surface area contributed by atoms with E-state index < -0.39 is 0 Å². The van der Waals surface area contributed by atoms with Crippen molar-refractivity contribution in [2.45, 2.75) is 58.8 Å². The molecule has 2 aliphatic carbocycles. The first-order valence-electron chi connectivity index (χ1n) is 9.95. The second-order valence-corrected chi connectivity index (χ2v) is 7.55. The quantitative estimate of drug-likeness (QED) is 0.723. The van der Waals surface area contributed by atoms with Crippen LogP contribution in [0.3, 0.4) is 0 Å². The number of aryl methyl sites for hydroxylation is 2. The SMILES string of the molecule is CCc1cccc(C)c1NC(=O)C1CC1C(=O)NCCC1=CCCCC1. The fourth-order valence-electron chi connectivity index (χ4n) is 3.80. The standard InChI is InChI=1S/C22H30N2O2/c1-3-17-11-7-8-15(2)20(17)24-22(26)19-14-18(19)21(25)23-13-12-16-9-5-4-6-10-16/h7-9,11,18-19H,3-6,10,12-14H2,1-2H3,(H,23,25)(H,24,26). The van der Waals surface area contributed by atoms with E-state index in [1.807, 2.05) is 25.1 Å². The smallest absolute Gasteiger partial charge is 0.228 e. The van der Waals surface area contributed by atoms with Gasteiger partial charge in [0.2, 0.25) is 11.8 Å². The first-order chi connectivity index (χ1) is 12.6. The zero-order valence-corrected chi connectivity index (χ0v) is 15.9. The molecular formula is C22H30N2O2. The van der Waals surface area contributed by atoms with Crippen molar-refractivity contribution in [1.29, 1.82) is 0 Å². The molecular weight excluding hydrogens is 324 g/mol. The number of anilines is 1. The van der Waals surface area contributed by atoms with E-state index >= 15 is 0 Å². The number of para-hydroxylation sites is 1. The molecule has 0 heterocycles. The molecule has 0 spiro atoms. The van der Waals surface area contributed by atoms with Crippen LogP contribution in [0, 0.1) is 18.8 Å². The lowest BCUT2D eigenvalue weighted by molar-refractivity contribution is -0.125. The van der Waals surface area contributed by atoms with Crippen molar-refractivity contribution < 1.29 is 9.59 Å². The van der Waals surface area contributed by atoms with Gasteiger partial charge in [-0.05, 0) is 63.0 Å². The van der Waals surface area contributed by atoms with Gasteiger partial charge in [-0.1, -0.05) is 36.8 Å². The fourth-order valence-corrected chi connectivity index (χ4v) is 3.80. The van der Waals surface area contributed by atoms with Crippen LogP contribution in [0.2, 0.25) is 0 Å². The molecule has 2 unspecified atom stereocenters. The lowest BCUT2D eigenvalue weighted by Crippen LogP contribution is -2.28. The molecule has 2 atom stereocenters. The first-order valence-corrected chi connectivity index (χ1v) is 9.95. The Morgan fingerprint density at radius 2 is 1.96 bits per heavy atom. The maximum absolute atomic E-state index is 12.5. The number of hydrogen-bond donors (Lipinski definition) is 2. The summed E-state index contributed by atoms with van der Waals surface area (Å²) in [6, 6.07) is 6.06. The Kier molecular flexibility index (Phi) is 6.12. The van der Waals surface area contributed by atoms with Crippen molar-refractivity contribution >= 4 is 17.5 Å². The predicted molar refractivity (Wildman–Crippen MR) is 105 cm³/mol. The third kappa shape index (κ3) is 4.54. The van der Waals surface area contributed by atoms with Crippen molar-refractivity contribution in [3.8, 4) is 0 Å². The maximum Gasteiger partial charge on any atom is 0.228 e. The van der Waals surface area contributed by atoms with Crippen LogP contribution in [0.15, 0.2) is 29.8 Å².